The van der Waals surface area contributed by atoms with E-state index in [9.17, 15) is 9.59 Å². The van der Waals surface area contributed by atoms with Gasteiger partial charge >= 0.3 is 0 Å². The van der Waals surface area contributed by atoms with E-state index in [0.29, 0.717) is 19.6 Å². The molecule has 0 aromatic carbocycles. The molecule has 128 valence electrons. The fraction of sp³-hybridized carbons (Fsp3) is 0.667. The molecule has 4 atom stereocenters. The minimum absolute atomic E-state index is 0.0116. The Labute approximate surface area is 139 Å². The highest BCUT2D eigenvalue weighted by Gasteiger charge is 2.66. The average Bonchev–Trinajstić information content (AvgIpc) is 3.29. The van der Waals surface area contributed by atoms with Crippen LogP contribution >= 0.6 is 0 Å². The van der Waals surface area contributed by atoms with Crippen molar-refractivity contribution < 1.29 is 14.3 Å². The lowest BCUT2D eigenvalue weighted by atomic mass is 9.77. The van der Waals surface area contributed by atoms with Gasteiger partial charge in [0.25, 0.3) is 0 Å². The molecule has 0 aliphatic carbocycles. The Balaban J connectivity index is 1.46. The molecule has 3 aliphatic heterocycles. The summed E-state index contributed by atoms with van der Waals surface area (Å²) in [6.45, 7) is 5.36. The largest absolute Gasteiger partial charge is 0.360 e. The zero-order valence-corrected chi connectivity index (χ0v) is 13.6. The standard InChI is InChI=1S/C15H20N6O3/c1-9(2)21-7-15-4-3-10(24-15)11(12(15)14(21)23)13(22)16-5-6-20-8-17-18-19-20/h3-4,8-12H,5-7H2,1-2H3,(H,16,22)/t10-,11-,12+,15-/m1/s1. The van der Waals surface area contributed by atoms with Crippen molar-refractivity contribution in [2.24, 2.45) is 11.8 Å². The summed E-state index contributed by atoms with van der Waals surface area (Å²) in [7, 11) is 0. The molecule has 2 bridgehead atoms. The van der Waals surface area contributed by atoms with E-state index in [4.69, 9.17) is 4.74 Å². The number of fused-ring (bicyclic) bond motifs is 1. The molecule has 2 saturated heterocycles. The number of carbonyl (C=O) groups excluding carboxylic acids is 2. The third-order valence-electron chi connectivity index (χ3n) is 5.09. The van der Waals surface area contributed by atoms with E-state index in [1.165, 1.54) is 6.33 Å². The van der Waals surface area contributed by atoms with Crippen molar-refractivity contribution in [3.63, 3.8) is 0 Å². The normalized spacial score (nSPS) is 33.5. The lowest BCUT2D eigenvalue weighted by molar-refractivity contribution is -0.138. The number of aromatic nitrogens is 4. The van der Waals surface area contributed by atoms with Crippen molar-refractivity contribution in [3.05, 3.63) is 18.5 Å². The second-order valence-electron chi connectivity index (χ2n) is 6.82. The molecule has 4 rings (SSSR count). The van der Waals surface area contributed by atoms with Gasteiger partial charge in [-0.05, 0) is 24.3 Å². The second-order valence-corrected chi connectivity index (χ2v) is 6.82. The van der Waals surface area contributed by atoms with E-state index >= 15 is 0 Å². The first-order valence-corrected chi connectivity index (χ1v) is 8.18. The molecule has 3 aliphatic rings. The number of amides is 2. The van der Waals surface area contributed by atoms with E-state index in [1.54, 1.807) is 9.58 Å². The molecule has 1 aromatic heterocycles. The minimum atomic E-state index is -0.635. The van der Waals surface area contributed by atoms with Gasteiger partial charge in [0.2, 0.25) is 11.8 Å². The zero-order valence-electron chi connectivity index (χ0n) is 13.6. The second kappa shape index (κ2) is 5.37. The highest BCUT2D eigenvalue weighted by atomic mass is 16.5. The summed E-state index contributed by atoms with van der Waals surface area (Å²) in [4.78, 5) is 27.3. The lowest BCUT2D eigenvalue weighted by Crippen LogP contribution is -2.45. The number of hydrogen-bond donors (Lipinski definition) is 1. The summed E-state index contributed by atoms with van der Waals surface area (Å²) < 4.78 is 7.59. The highest BCUT2D eigenvalue weighted by molar-refractivity contribution is 5.93. The van der Waals surface area contributed by atoms with Crippen LogP contribution in [0.3, 0.4) is 0 Å². The minimum Gasteiger partial charge on any atom is -0.360 e. The molecule has 1 spiro atoms. The number of nitrogens with one attached hydrogen (secondary N) is 1. The number of ether oxygens (including phenoxy) is 1. The van der Waals surface area contributed by atoms with Gasteiger partial charge in [0, 0.05) is 12.6 Å². The summed E-state index contributed by atoms with van der Waals surface area (Å²) in [6, 6.07) is 0.0945. The van der Waals surface area contributed by atoms with E-state index in [2.05, 4.69) is 20.8 Å². The van der Waals surface area contributed by atoms with Gasteiger partial charge in [0.1, 0.15) is 11.9 Å². The van der Waals surface area contributed by atoms with Crippen LogP contribution < -0.4 is 5.32 Å². The van der Waals surface area contributed by atoms with Crippen LogP contribution in [0.1, 0.15) is 13.8 Å². The topological polar surface area (TPSA) is 102 Å². The summed E-state index contributed by atoms with van der Waals surface area (Å²) in [5.41, 5.74) is -0.635. The molecule has 1 aromatic rings. The van der Waals surface area contributed by atoms with Crippen LogP contribution in [0.25, 0.3) is 0 Å². The van der Waals surface area contributed by atoms with Gasteiger partial charge in [0.15, 0.2) is 0 Å². The van der Waals surface area contributed by atoms with Crippen molar-refractivity contribution in [3.8, 4) is 0 Å². The number of likely N-dealkylation sites (tertiary alicyclic amines) is 1. The van der Waals surface area contributed by atoms with E-state index in [0.717, 1.165) is 0 Å². The van der Waals surface area contributed by atoms with Crippen LogP contribution in [0.4, 0.5) is 0 Å². The maximum absolute atomic E-state index is 12.8. The third kappa shape index (κ3) is 2.15. The molecule has 0 saturated carbocycles. The smallest absolute Gasteiger partial charge is 0.230 e. The maximum Gasteiger partial charge on any atom is 0.230 e. The van der Waals surface area contributed by atoms with E-state index in [1.807, 2.05) is 26.0 Å². The Morgan fingerprint density at radius 2 is 2.38 bits per heavy atom. The number of carbonyl (C=O) groups is 2. The third-order valence-corrected chi connectivity index (χ3v) is 5.09. The van der Waals surface area contributed by atoms with Gasteiger partial charge in [-0.1, -0.05) is 12.2 Å². The Morgan fingerprint density at radius 3 is 3.08 bits per heavy atom. The van der Waals surface area contributed by atoms with Crippen molar-refractivity contribution in [1.29, 1.82) is 0 Å². The molecule has 24 heavy (non-hydrogen) atoms. The van der Waals surface area contributed by atoms with Crippen molar-refractivity contribution in [2.45, 2.75) is 38.1 Å². The first-order chi connectivity index (χ1) is 11.5. The van der Waals surface area contributed by atoms with Crippen LogP contribution in [-0.4, -0.2) is 67.8 Å². The molecule has 2 amide bonds. The molecular weight excluding hydrogens is 312 g/mol. The van der Waals surface area contributed by atoms with Gasteiger partial charge in [-0.15, -0.1) is 5.10 Å². The zero-order chi connectivity index (χ0) is 16.9. The molecular formula is C15H20N6O3. The average molecular weight is 332 g/mol. The molecule has 1 N–H and O–H groups in total. The summed E-state index contributed by atoms with van der Waals surface area (Å²) in [5.74, 6) is -1.04. The van der Waals surface area contributed by atoms with Crippen molar-refractivity contribution >= 4 is 11.8 Å². The van der Waals surface area contributed by atoms with Gasteiger partial charge in [-0.3, -0.25) is 9.59 Å². The lowest BCUT2D eigenvalue weighted by Gasteiger charge is -2.24. The molecule has 0 radical (unpaired) electrons. The van der Waals surface area contributed by atoms with Gasteiger partial charge in [-0.25, -0.2) is 4.68 Å². The number of rotatable bonds is 5. The summed E-state index contributed by atoms with van der Waals surface area (Å²) in [6.07, 6.45) is 5.05. The monoisotopic (exact) mass is 332 g/mol. The molecule has 4 heterocycles. The van der Waals surface area contributed by atoms with Crippen LogP contribution in [0.5, 0.6) is 0 Å². The van der Waals surface area contributed by atoms with Crippen LogP contribution in [-0.2, 0) is 20.9 Å². The first-order valence-electron chi connectivity index (χ1n) is 8.18. The van der Waals surface area contributed by atoms with Crippen LogP contribution in [0.15, 0.2) is 18.5 Å². The maximum atomic E-state index is 12.8. The number of nitrogens with zero attached hydrogens (tertiary/aromatic N) is 5. The predicted octanol–water partition coefficient (Wildman–Crippen LogP) is -1.02. The highest BCUT2D eigenvalue weighted by Crippen LogP contribution is 2.52. The number of tetrazole rings is 1. The van der Waals surface area contributed by atoms with Crippen molar-refractivity contribution in [1.82, 2.24) is 30.4 Å². The van der Waals surface area contributed by atoms with Crippen LogP contribution in [0, 0.1) is 11.8 Å². The SMILES string of the molecule is CC(C)N1C[C@@]23C=C[C@@H](O2)[C@@H](C(=O)NCCn2cnnn2)[C@H]3C1=O. The quantitative estimate of drug-likeness (QED) is 0.693. The molecule has 9 heteroatoms. The Kier molecular flexibility index (Phi) is 3.41. The molecule has 9 nitrogen and oxygen atoms in total. The van der Waals surface area contributed by atoms with Gasteiger partial charge < -0.3 is 15.0 Å². The summed E-state index contributed by atoms with van der Waals surface area (Å²) >= 11 is 0. The Bertz CT molecular complexity index is 687. The Hall–Kier alpha value is -2.29. The van der Waals surface area contributed by atoms with E-state index in [-0.39, 0.29) is 24.0 Å². The molecule has 2 fully saturated rings. The predicted molar refractivity (Wildman–Crippen MR) is 81.4 cm³/mol. The molecule has 0 unspecified atom stereocenters. The first kappa shape index (κ1) is 15.3. The van der Waals surface area contributed by atoms with Gasteiger partial charge in [0.05, 0.1) is 31.0 Å². The number of hydrogen-bond acceptors (Lipinski definition) is 6. The van der Waals surface area contributed by atoms with E-state index < -0.39 is 17.4 Å². The fourth-order valence-corrected chi connectivity index (χ4v) is 3.96. The Morgan fingerprint density at radius 1 is 1.54 bits per heavy atom. The van der Waals surface area contributed by atoms with Gasteiger partial charge in [-0.2, -0.15) is 0 Å². The fourth-order valence-electron chi connectivity index (χ4n) is 3.96. The summed E-state index contributed by atoms with van der Waals surface area (Å²) in [5, 5.41) is 13.7. The van der Waals surface area contributed by atoms with Crippen LogP contribution in [0.2, 0.25) is 0 Å². The van der Waals surface area contributed by atoms with Crippen molar-refractivity contribution in [2.75, 3.05) is 13.1 Å².